The molecule has 0 radical (unpaired) electrons. The van der Waals surface area contributed by atoms with Crippen LogP contribution in [0.1, 0.15) is 18.1 Å². The third-order valence-corrected chi connectivity index (χ3v) is 2.96. The molecule has 0 heterocycles. The predicted molar refractivity (Wildman–Crippen MR) is 66.8 cm³/mol. The molecule has 0 aliphatic heterocycles. The summed E-state index contributed by atoms with van der Waals surface area (Å²) >= 11 is 3.30. The fraction of sp³-hybridized carbons (Fsp3) is 0.333. The van der Waals surface area contributed by atoms with Gasteiger partial charge in [0.05, 0.1) is 0 Å². The zero-order valence-electron chi connectivity index (χ0n) is 10.0. The molecular weight excluding hydrogens is 302 g/mol. The fourth-order valence-corrected chi connectivity index (χ4v) is 1.77. The molecule has 5 nitrogen and oxygen atoms in total. The smallest absolute Gasteiger partial charge is 0.302 e. The van der Waals surface area contributed by atoms with Crippen LogP contribution in [0, 0.1) is 11.3 Å². The largest absolute Gasteiger partial charge is 0.466 e. The third-order valence-electron chi connectivity index (χ3n) is 2.06. The van der Waals surface area contributed by atoms with Crippen LogP contribution in [0.15, 0.2) is 16.6 Å². The molecule has 6 heteroatoms. The first-order valence-electron chi connectivity index (χ1n) is 5.06. The lowest BCUT2D eigenvalue weighted by Crippen LogP contribution is -2.04. The van der Waals surface area contributed by atoms with Crippen LogP contribution in [-0.4, -0.2) is 19.9 Å². The van der Waals surface area contributed by atoms with Crippen LogP contribution < -0.4 is 4.74 Å². The summed E-state index contributed by atoms with van der Waals surface area (Å²) < 4.78 is 15.5. The molecule has 0 N–H and O–H groups in total. The number of nitriles is 1. The molecule has 0 aliphatic carbocycles. The standard InChI is InChI=1S/C12H12BrNO4/c1-8(15)17-6-9-3-4-11(18-7-16-2)10(5-14)12(9)13/h3-4H,6-7H2,1-2H3. The van der Waals surface area contributed by atoms with E-state index in [-0.39, 0.29) is 19.4 Å². The maximum Gasteiger partial charge on any atom is 0.302 e. The summed E-state index contributed by atoms with van der Waals surface area (Å²) in [5.74, 6) is 0.0397. The number of carbonyl (C=O) groups excluding carboxylic acids is 1. The average molecular weight is 314 g/mol. The van der Waals surface area contributed by atoms with Crippen LogP contribution in [-0.2, 0) is 20.9 Å². The number of hydrogen-bond donors (Lipinski definition) is 0. The summed E-state index contributed by atoms with van der Waals surface area (Å²) in [5, 5.41) is 9.09. The zero-order valence-corrected chi connectivity index (χ0v) is 11.6. The number of benzene rings is 1. The van der Waals surface area contributed by atoms with E-state index < -0.39 is 0 Å². The summed E-state index contributed by atoms with van der Waals surface area (Å²) in [6, 6.07) is 5.39. The molecule has 1 aromatic carbocycles. The highest BCUT2D eigenvalue weighted by atomic mass is 79.9. The van der Waals surface area contributed by atoms with Gasteiger partial charge in [0, 0.05) is 24.1 Å². The lowest BCUT2D eigenvalue weighted by Gasteiger charge is -2.11. The highest BCUT2D eigenvalue weighted by Crippen LogP contribution is 2.30. The number of hydrogen-bond acceptors (Lipinski definition) is 5. The number of rotatable bonds is 5. The highest BCUT2D eigenvalue weighted by molar-refractivity contribution is 9.10. The van der Waals surface area contributed by atoms with E-state index in [1.54, 1.807) is 12.1 Å². The maximum absolute atomic E-state index is 10.7. The number of nitrogens with zero attached hydrogens (tertiary/aromatic N) is 1. The third kappa shape index (κ3) is 3.72. The first-order valence-corrected chi connectivity index (χ1v) is 5.86. The van der Waals surface area contributed by atoms with Crippen molar-refractivity contribution >= 4 is 21.9 Å². The molecule has 0 fully saturated rings. The van der Waals surface area contributed by atoms with Gasteiger partial charge in [-0.1, -0.05) is 6.07 Å². The number of carbonyl (C=O) groups is 1. The second kappa shape index (κ2) is 6.99. The monoisotopic (exact) mass is 313 g/mol. The number of methoxy groups -OCH3 is 1. The summed E-state index contributed by atoms with van der Waals surface area (Å²) in [6.07, 6.45) is 0. The van der Waals surface area contributed by atoms with Crippen molar-refractivity contribution in [1.29, 1.82) is 5.26 Å². The van der Waals surface area contributed by atoms with E-state index in [1.165, 1.54) is 14.0 Å². The lowest BCUT2D eigenvalue weighted by molar-refractivity contribution is -0.142. The Bertz CT molecular complexity index is 482. The van der Waals surface area contributed by atoms with Crippen molar-refractivity contribution in [3.8, 4) is 11.8 Å². The van der Waals surface area contributed by atoms with Crippen LogP contribution in [0.5, 0.6) is 5.75 Å². The van der Waals surface area contributed by atoms with Crippen molar-refractivity contribution < 1.29 is 19.0 Å². The Balaban J connectivity index is 2.97. The molecular formula is C12H12BrNO4. The van der Waals surface area contributed by atoms with E-state index in [4.69, 9.17) is 19.5 Å². The van der Waals surface area contributed by atoms with Gasteiger partial charge in [0.25, 0.3) is 0 Å². The molecule has 0 amide bonds. The van der Waals surface area contributed by atoms with E-state index in [9.17, 15) is 4.79 Å². The molecule has 18 heavy (non-hydrogen) atoms. The van der Waals surface area contributed by atoms with Gasteiger partial charge in [0.2, 0.25) is 0 Å². The van der Waals surface area contributed by atoms with Gasteiger partial charge in [0.1, 0.15) is 24.0 Å². The Morgan fingerprint density at radius 1 is 1.50 bits per heavy atom. The summed E-state index contributed by atoms with van der Waals surface area (Å²) in [6.45, 7) is 1.49. The molecule has 0 aliphatic rings. The van der Waals surface area contributed by atoms with Gasteiger partial charge in [-0.25, -0.2) is 0 Å². The quantitative estimate of drug-likeness (QED) is 0.616. The van der Waals surface area contributed by atoms with Crippen LogP contribution in [0.25, 0.3) is 0 Å². The normalized spacial score (nSPS) is 9.67. The number of ether oxygens (including phenoxy) is 3. The van der Waals surface area contributed by atoms with Gasteiger partial charge in [-0.15, -0.1) is 0 Å². The van der Waals surface area contributed by atoms with Crippen molar-refractivity contribution in [2.24, 2.45) is 0 Å². The molecule has 0 atom stereocenters. The Morgan fingerprint density at radius 3 is 2.78 bits per heavy atom. The zero-order chi connectivity index (χ0) is 13.5. The molecule has 1 aromatic rings. The van der Waals surface area contributed by atoms with Crippen LogP contribution >= 0.6 is 15.9 Å². The summed E-state index contributed by atoms with van der Waals surface area (Å²) in [7, 11) is 1.50. The minimum absolute atomic E-state index is 0.0599. The SMILES string of the molecule is COCOc1ccc(COC(C)=O)c(Br)c1C#N. The van der Waals surface area contributed by atoms with Crippen molar-refractivity contribution in [3.63, 3.8) is 0 Å². The fourth-order valence-electron chi connectivity index (χ4n) is 1.24. The Hall–Kier alpha value is -1.58. The lowest BCUT2D eigenvalue weighted by atomic mass is 10.1. The summed E-state index contributed by atoms with van der Waals surface area (Å²) in [5.41, 5.74) is 1.04. The number of esters is 1. The average Bonchev–Trinajstić information content (AvgIpc) is 2.34. The van der Waals surface area contributed by atoms with Crippen LogP contribution in [0.3, 0.4) is 0 Å². The van der Waals surface area contributed by atoms with Gasteiger partial charge in [0.15, 0.2) is 6.79 Å². The Labute approximate surface area is 113 Å². The highest BCUT2D eigenvalue weighted by Gasteiger charge is 2.13. The maximum atomic E-state index is 10.7. The summed E-state index contributed by atoms with van der Waals surface area (Å²) in [4.78, 5) is 10.7. The van der Waals surface area contributed by atoms with Gasteiger partial charge in [-0.3, -0.25) is 4.79 Å². The van der Waals surface area contributed by atoms with E-state index in [1.807, 2.05) is 6.07 Å². The van der Waals surface area contributed by atoms with E-state index in [0.717, 1.165) is 0 Å². The van der Waals surface area contributed by atoms with Crippen LogP contribution in [0.4, 0.5) is 0 Å². The minimum atomic E-state index is -0.375. The topological polar surface area (TPSA) is 68.6 Å². The van der Waals surface area contributed by atoms with E-state index >= 15 is 0 Å². The molecule has 96 valence electrons. The first-order chi connectivity index (χ1) is 8.60. The van der Waals surface area contributed by atoms with Gasteiger partial charge >= 0.3 is 5.97 Å². The van der Waals surface area contributed by atoms with Crippen molar-refractivity contribution in [1.82, 2.24) is 0 Å². The second-order valence-electron chi connectivity index (χ2n) is 3.35. The second-order valence-corrected chi connectivity index (χ2v) is 4.15. The first kappa shape index (κ1) is 14.5. The Kier molecular flexibility index (Phi) is 5.62. The molecule has 0 aromatic heterocycles. The Morgan fingerprint density at radius 2 is 2.22 bits per heavy atom. The molecule has 0 saturated heterocycles. The predicted octanol–water partition coefficient (Wildman–Crippen LogP) is 2.37. The number of halogens is 1. The molecule has 0 unspecified atom stereocenters. The van der Waals surface area contributed by atoms with E-state index in [2.05, 4.69) is 15.9 Å². The minimum Gasteiger partial charge on any atom is -0.466 e. The van der Waals surface area contributed by atoms with E-state index in [0.29, 0.717) is 21.3 Å². The van der Waals surface area contributed by atoms with Crippen molar-refractivity contribution in [2.75, 3.05) is 13.9 Å². The molecule has 0 spiro atoms. The molecule has 0 bridgehead atoms. The van der Waals surface area contributed by atoms with Gasteiger partial charge < -0.3 is 14.2 Å². The van der Waals surface area contributed by atoms with Gasteiger partial charge in [-0.05, 0) is 22.0 Å². The molecule has 0 saturated carbocycles. The van der Waals surface area contributed by atoms with Crippen LogP contribution in [0.2, 0.25) is 0 Å². The van der Waals surface area contributed by atoms with Gasteiger partial charge in [-0.2, -0.15) is 5.26 Å². The van der Waals surface area contributed by atoms with Crippen molar-refractivity contribution in [3.05, 3.63) is 27.7 Å². The van der Waals surface area contributed by atoms with Crippen molar-refractivity contribution in [2.45, 2.75) is 13.5 Å². The molecule has 1 rings (SSSR count).